The van der Waals surface area contributed by atoms with Gasteiger partial charge in [0, 0.05) is 36.5 Å². The lowest BCUT2D eigenvalue weighted by Gasteiger charge is -2.27. The molecule has 0 spiro atoms. The molecule has 0 saturated heterocycles. The molecule has 1 aliphatic heterocycles. The van der Waals surface area contributed by atoms with Gasteiger partial charge in [-0.25, -0.2) is 0 Å². The third-order valence-electron chi connectivity index (χ3n) is 4.57. The molecule has 6 nitrogen and oxygen atoms in total. The fraction of sp³-hybridized carbons (Fsp3) is 0.400. The number of amides is 2. The normalized spacial score (nSPS) is 13.0. The molecule has 3 rings (SSSR count). The molecule has 1 aliphatic rings. The highest BCUT2D eigenvalue weighted by molar-refractivity contribution is 7.10. The molecule has 0 bridgehead atoms. The summed E-state index contributed by atoms with van der Waals surface area (Å²) in [6.45, 7) is 3.92. The molecule has 0 aliphatic carbocycles. The molecule has 1 aromatic heterocycles. The molecular weight excluding hydrogens is 400 g/mol. The number of nitrogens with one attached hydrogen (secondary N) is 1. The number of carbonyl (C=O) groups is 2. The minimum atomic E-state index is -0.310. The summed E-state index contributed by atoms with van der Waals surface area (Å²) in [5, 5.41) is 5.15. The number of carbonyl (C=O) groups excluding carboxylic acids is 2. The average Bonchev–Trinajstić information content (AvgIpc) is 3.17. The van der Waals surface area contributed by atoms with Gasteiger partial charge in [-0.05, 0) is 42.5 Å². The van der Waals surface area contributed by atoms with Crippen molar-refractivity contribution in [3.63, 3.8) is 0 Å². The van der Waals surface area contributed by atoms with E-state index in [2.05, 4.69) is 16.8 Å². The maximum atomic E-state index is 12.4. The van der Waals surface area contributed by atoms with Gasteiger partial charge in [-0.3, -0.25) is 9.59 Å². The molecule has 0 atom stereocenters. The Balaban J connectivity index is 1.54. The van der Waals surface area contributed by atoms with Crippen LogP contribution in [0.15, 0.2) is 23.6 Å². The Morgan fingerprint density at radius 2 is 2.18 bits per heavy atom. The van der Waals surface area contributed by atoms with Crippen molar-refractivity contribution in [1.82, 2.24) is 10.2 Å². The van der Waals surface area contributed by atoms with Crippen LogP contribution in [0.2, 0.25) is 5.02 Å². The van der Waals surface area contributed by atoms with Crippen LogP contribution in [0, 0.1) is 0 Å². The van der Waals surface area contributed by atoms with E-state index in [0.717, 1.165) is 13.0 Å². The lowest BCUT2D eigenvalue weighted by molar-refractivity contribution is -0.131. The molecule has 0 fully saturated rings. The fourth-order valence-electron chi connectivity index (χ4n) is 3.14. The van der Waals surface area contributed by atoms with Crippen LogP contribution in [-0.2, 0) is 17.8 Å². The lowest BCUT2D eigenvalue weighted by Crippen LogP contribution is -2.37. The van der Waals surface area contributed by atoms with Gasteiger partial charge in [-0.15, -0.1) is 11.3 Å². The van der Waals surface area contributed by atoms with E-state index in [0.29, 0.717) is 35.2 Å². The van der Waals surface area contributed by atoms with Crippen molar-refractivity contribution in [3.8, 4) is 11.5 Å². The Morgan fingerprint density at radius 1 is 1.36 bits per heavy atom. The van der Waals surface area contributed by atoms with Crippen molar-refractivity contribution < 1.29 is 19.1 Å². The van der Waals surface area contributed by atoms with Crippen LogP contribution in [0.5, 0.6) is 11.5 Å². The summed E-state index contributed by atoms with van der Waals surface area (Å²) in [6, 6.07) is 5.19. The van der Waals surface area contributed by atoms with Crippen LogP contribution in [0.25, 0.3) is 0 Å². The van der Waals surface area contributed by atoms with Gasteiger partial charge in [0.2, 0.25) is 5.91 Å². The van der Waals surface area contributed by atoms with E-state index in [4.69, 9.17) is 21.1 Å². The van der Waals surface area contributed by atoms with Crippen LogP contribution in [-0.4, -0.2) is 43.5 Å². The zero-order chi connectivity index (χ0) is 20.1. The van der Waals surface area contributed by atoms with E-state index < -0.39 is 0 Å². The number of hydrogen-bond acceptors (Lipinski definition) is 5. The van der Waals surface area contributed by atoms with Crippen LogP contribution in [0.3, 0.4) is 0 Å². The number of hydrogen-bond donors (Lipinski definition) is 1. The zero-order valence-corrected chi connectivity index (χ0v) is 17.5. The van der Waals surface area contributed by atoms with Crippen molar-refractivity contribution in [1.29, 1.82) is 0 Å². The molecule has 2 amide bonds. The van der Waals surface area contributed by atoms with Crippen molar-refractivity contribution >= 4 is 34.8 Å². The number of benzene rings is 1. The zero-order valence-electron chi connectivity index (χ0n) is 15.9. The predicted octanol–water partition coefficient (Wildman–Crippen LogP) is 3.51. The second-order valence-electron chi connectivity index (χ2n) is 6.36. The number of fused-ring (bicyclic) bond motifs is 1. The summed E-state index contributed by atoms with van der Waals surface area (Å²) in [7, 11) is 1.49. The monoisotopic (exact) mass is 422 g/mol. The summed E-state index contributed by atoms with van der Waals surface area (Å²) in [5.41, 5.74) is 1.59. The highest BCUT2D eigenvalue weighted by Gasteiger charge is 2.21. The summed E-state index contributed by atoms with van der Waals surface area (Å²) in [6.07, 6.45) is 1.16. The Hall–Kier alpha value is -2.25. The molecule has 8 heteroatoms. The van der Waals surface area contributed by atoms with Crippen LogP contribution in [0.4, 0.5) is 0 Å². The summed E-state index contributed by atoms with van der Waals surface area (Å²) in [5.74, 6) is 0.543. The van der Waals surface area contributed by atoms with Crippen LogP contribution in [0.1, 0.15) is 34.1 Å². The summed E-state index contributed by atoms with van der Waals surface area (Å²) in [4.78, 5) is 28.1. The van der Waals surface area contributed by atoms with Gasteiger partial charge in [-0.2, -0.15) is 0 Å². The first kappa shape index (κ1) is 20.5. The molecule has 2 heterocycles. The average molecular weight is 423 g/mol. The Morgan fingerprint density at radius 3 is 2.93 bits per heavy atom. The molecule has 0 radical (unpaired) electrons. The first-order valence-corrected chi connectivity index (χ1v) is 10.4. The second-order valence-corrected chi connectivity index (χ2v) is 7.77. The van der Waals surface area contributed by atoms with Gasteiger partial charge in [0.1, 0.15) is 0 Å². The van der Waals surface area contributed by atoms with Crippen LogP contribution < -0.4 is 14.8 Å². The second kappa shape index (κ2) is 9.30. The largest absolute Gasteiger partial charge is 0.493 e. The van der Waals surface area contributed by atoms with Gasteiger partial charge in [-0.1, -0.05) is 11.6 Å². The number of nitrogens with zero attached hydrogens (tertiary/aromatic N) is 1. The number of ether oxygens (including phenoxy) is 2. The molecule has 1 aromatic carbocycles. The molecule has 28 heavy (non-hydrogen) atoms. The minimum Gasteiger partial charge on any atom is -0.493 e. The van der Waals surface area contributed by atoms with Gasteiger partial charge >= 0.3 is 0 Å². The standard InChI is InChI=1S/C20H23ClN2O4S/c1-3-27-19-15(21)10-14(11-16(19)26-2)20(25)22-7-4-18(24)23-8-5-17-13(12-23)6-9-28-17/h6,9-11H,3-5,7-8,12H2,1-2H3,(H,22,25). The fourth-order valence-corrected chi connectivity index (χ4v) is 4.29. The van der Waals surface area contributed by atoms with Gasteiger partial charge in [0.15, 0.2) is 11.5 Å². The number of methoxy groups -OCH3 is 1. The molecule has 1 N–H and O–H groups in total. The highest BCUT2D eigenvalue weighted by Crippen LogP contribution is 2.36. The van der Waals surface area contributed by atoms with E-state index >= 15 is 0 Å². The Bertz CT molecular complexity index is 868. The van der Waals surface area contributed by atoms with Crippen LogP contribution >= 0.6 is 22.9 Å². The van der Waals surface area contributed by atoms with Crippen molar-refractivity contribution in [2.24, 2.45) is 0 Å². The maximum Gasteiger partial charge on any atom is 0.251 e. The number of rotatable bonds is 7. The quantitative estimate of drug-likeness (QED) is 0.741. The van der Waals surface area contributed by atoms with E-state index in [1.807, 2.05) is 11.8 Å². The number of thiophene rings is 1. The van der Waals surface area contributed by atoms with E-state index in [1.54, 1.807) is 17.4 Å². The third kappa shape index (κ3) is 4.59. The lowest BCUT2D eigenvalue weighted by atomic mass is 10.1. The number of halogens is 1. The molecule has 0 saturated carbocycles. The maximum absolute atomic E-state index is 12.4. The smallest absolute Gasteiger partial charge is 0.251 e. The van der Waals surface area contributed by atoms with Gasteiger partial charge < -0.3 is 19.7 Å². The Labute approximate surface area is 173 Å². The predicted molar refractivity (Wildman–Crippen MR) is 110 cm³/mol. The first-order valence-electron chi connectivity index (χ1n) is 9.15. The van der Waals surface area contributed by atoms with Gasteiger partial charge in [0.25, 0.3) is 5.91 Å². The first-order chi connectivity index (χ1) is 13.5. The van der Waals surface area contributed by atoms with E-state index in [9.17, 15) is 9.59 Å². The summed E-state index contributed by atoms with van der Waals surface area (Å²) < 4.78 is 10.7. The SMILES string of the molecule is CCOc1c(Cl)cc(C(=O)NCCC(=O)N2CCc3sccc3C2)cc1OC. The molecule has 150 valence electrons. The van der Waals surface area contributed by atoms with E-state index in [-0.39, 0.29) is 24.8 Å². The minimum absolute atomic E-state index is 0.0412. The topological polar surface area (TPSA) is 67.9 Å². The van der Waals surface area contributed by atoms with E-state index in [1.165, 1.54) is 23.6 Å². The Kier molecular flexibility index (Phi) is 6.80. The third-order valence-corrected chi connectivity index (χ3v) is 5.87. The van der Waals surface area contributed by atoms with Gasteiger partial charge in [0.05, 0.1) is 18.7 Å². The summed E-state index contributed by atoms with van der Waals surface area (Å²) >= 11 is 7.95. The van der Waals surface area contributed by atoms with Crippen molar-refractivity contribution in [3.05, 3.63) is 44.6 Å². The highest BCUT2D eigenvalue weighted by atomic mass is 35.5. The van der Waals surface area contributed by atoms with Crippen molar-refractivity contribution in [2.75, 3.05) is 26.8 Å². The molecule has 0 unspecified atom stereocenters. The molecule has 2 aromatic rings. The molecular formula is C20H23ClN2O4S. The van der Waals surface area contributed by atoms with Crippen molar-refractivity contribution in [2.45, 2.75) is 26.3 Å².